The normalized spacial score (nSPS) is 14.7. The van der Waals surface area contributed by atoms with Gasteiger partial charge < -0.3 is 25.5 Å². The van der Waals surface area contributed by atoms with Crippen LogP contribution in [0.2, 0.25) is 0 Å². The predicted molar refractivity (Wildman–Crippen MR) is 151 cm³/mol. The Morgan fingerprint density at radius 1 is 1.06 bits per heavy atom. The molecule has 0 aliphatic carbocycles. The van der Waals surface area contributed by atoms with E-state index >= 15 is 0 Å². The summed E-state index contributed by atoms with van der Waals surface area (Å²) in [6.07, 6.45) is 9.88. The average Bonchev–Trinajstić information content (AvgIpc) is 2.93. The zero-order valence-corrected chi connectivity index (χ0v) is 22.8. The minimum atomic E-state index is -0.320. The Labute approximate surface area is 221 Å². The van der Waals surface area contributed by atoms with E-state index in [1.54, 1.807) is 12.1 Å². The van der Waals surface area contributed by atoms with Gasteiger partial charge in [-0.3, -0.25) is 4.79 Å². The van der Waals surface area contributed by atoms with E-state index in [1.165, 1.54) is 40.7 Å². The van der Waals surface area contributed by atoms with Crippen LogP contribution in [0, 0.1) is 5.92 Å². The number of alkyl halides is 1. The Morgan fingerprint density at radius 3 is 2.57 bits per heavy atom. The number of anilines is 3. The van der Waals surface area contributed by atoms with Crippen LogP contribution in [0.5, 0.6) is 17.2 Å². The van der Waals surface area contributed by atoms with Crippen molar-refractivity contribution in [2.45, 2.75) is 52.9 Å². The minimum Gasteiger partial charge on any atom is -0.508 e. The molecule has 188 valence electrons. The van der Waals surface area contributed by atoms with Gasteiger partial charge in [0.25, 0.3) is 5.91 Å². The molecular formula is C28H35IN2O4. The number of carbonyl (C=O) groups is 1. The quantitative estimate of drug-likeness (QED) is 0.0760. The third-order valence-corrected chi connectivity index (χ3v) is 7.60. The molecule has 1 aliphatic rings. The van der Waals surface area contributed by atoms with Gasteiger partial charge in [0.1, 0.15) is 22.9 Å². The molecule has 0 radical (unpaired) electrons. The number of hydrogen-bond acceptors (Lipinski definition) is 5. The van der Waals surface area contributed by atoms with Crippen LogP contribution < -0.4 is 10.2 Å². The Balaban J connectivity index is 1.71. The molecule has 1 amide bonds. The highest BCUT2D eigenvalue weighted by Crippen LogP contribution is 2.45. The molecule has 2 aromatic carbocycles. The molecule has 0 bridgehead atoms. The number of halogens is 1. The number of fused-ring (bicyclic) bond motifs is 2. The van der Waals surface area contributed by atoms with Crippen LogP contribution in [0.15, 0.2) is 53.6 Å². The van der Waals surface area contributed by atoms with Gasteiger partial charge in [-0.15, -0.1) is 0 Å². The Bertz CT molecular complexity index is 1130. The van der Waals surface area contributed by atoms with Crippen molar-refractivity contribution >= 4 is 45.6 Å². The molecule has 0 saturated heterocycles. The summed E-state index contributed by atoms with van der Waals surface area (Å²) in [7, 11) is 0. The van der Waals surface area contributed by atoms with Crippen LogP contribution in [0.3, 0.4) is 0 Å². The molecule has 35 heavy (non-hydrogen) atoms. The number of nitrogens with zero attached hydrogens (tertiary/aromatic N) is 1. The molecule has 1 aliphatic heterocycles. The summed E-state index contributed by atoms with van der Waals surface area (Å²) in [5.74, 6) is -0.0840. The summed E-state index contributed by atoms with van der Waals surface area (Å²) in [4.78, 5) is 15.0. The van der Waals surface area contributed by atoms with Crippen molar-refractivity contribution in [3.8, 4) is 17.2 Å². The summed E-state index contributed by atoms with van der Waals surface area (Å²) in [6.45, 7) is 6.84. The maximum absolute atomic E-state index is 13.4. The lowest BCUT2D eigenvalue weighted by Gasteiger charge is -2.22. The first-order valence-corrected chi connectivity index (χ1v) is 13.6. The van der Waals surface area contributed by atoms with E-state index in [2.05, 4.69) is 54.8 Å². The van der Waals surface area contributed by atoms with Crippen LogP contribution in [0.25, 0.3) is 0 Å². The lowest BCUT2D eigenvalue weighted by atomic mass is 9.97. The molecule has 0 aromatic heterocycles. The second kappa shape index (κ2) is 12.3. The van der Waals surface area contributed by atoms with Crippen molar-refractivity contribution in [2.24, 2.45) is 5.92 Å². The summed E-state index contributed by atoms with van der Waals surface area (Å²) < 4.78 is 1.09. The average molecular weight is 591 g/mol. The molecule has 4 N–H and O–H groups in total. The summed E-state index contributed by atoms with van der Waals surface area (Å²) in [5, 5.41) is 33.9. The van der Waals surface area contributed by atoms with E-state index in [9.17, 15) is 20.1 Å². The van der Waals surface area contributed by atoms with Crippen molar-refractivity contribution in [3.05, 3.63) is 59.2 Å². The topological polar surface area (TPSA) is 93.0 Å². The van der Waals surface area contributed by atoms with Crippen LogP contribution in [-0.4, -0.2) is 32.2 Å². The van der Waals surface area contributed by atoms with Gasteiger partial charge >= 0.3 is 0 Å². The first kappa shape index (κ1) is 26.9. The fourth-order valence-electron chi connectivity index (χ4n) is 4.24. The number of aromatic hydroxyl groups is 3. The van der Waals surface area contributed by atoms with Gasteiger partial charge in [-0.25, -0.2) is 0 Å². The molecule has 7 heteroatoms. The number of benzene rings is 2. The van der Waals surface area contributed by atoms with E-state index in [0.29, 0.717) is 17.2 Å². The molecule has 0 fully saturated rings. The van der Waals surface area contributed by atoms with Crippen LogP contribution in [0.4, 0.5) is 17.1 Å². The maximum atomic E-state index is 13.4. The van der Waals surface area contributed by atoms with E-state index < -0.39 is 0 Å². The number of nitrogens with one attached hydrogen (secondary N) is 1. The maximum Gasteiger partial charge on any atom is 0.260 e. The Kier molecular flexibility index (Phi) is 9.48. The molecular weight excluding hydrogens is 555 g/mol. The summed E-state index contributed by atoms with van der Waals surface area (Å²) >= 11 is 2.39. The molecule has 1 heterocycles. The van der Waals surface area contributed by atoms with Gasteiger partial charge in [-0.2, -0.15) is 0 Å². The zero-order chi connectivity index (χ0) is 25.5. The smallest absolute Gasteiger partial charge is 0.260 e. The van der Waals surface area contributed by atoms with Gasteiger partial charge in [-0.1, -0.05) is 65.3 Å². The summed E-state index contributed by atoms with van der Waals surface area (Å²) in [5.41, 5.74) is 3.78. The third-order valence-electron chi connectivity index (χ3n) is 6.39. The largest absolute Gasteiger partial charge is 0.508 e. The Morgan fingerprint density at radius 2 is 1.83 bits per heavy atom. The number of allylic oxidation sites excluding steroid dienone is 3. The van der Waals surface area contributed by atoms with Gasteiger partial charge in [0, 0.05) is 23.1 Å². The second-order valence-electron chi connectivity index (χ2n) is 9.41. The van der Waals surface area contributed by atoms with Gasteiger partial charge in [0.05, 0.1) is 16.9 Å². The predicted octanol–water partition coefficient (Wildman–Crippen LogP) is 7.42. The number of phenols is 3. The molecule has 6 nitrogen and oxygen atoms in total. The Hall–Kier alpha value is -2.68. The number of amides is 1. The second-order valence-corrected chi connectivity index (χ2v) is 10.2. The highest BCUT2D eigenvalue weighted by molar-refractivity contribution is 14.1. The van der Waals surface area contributed by atoms with Crippen LogP contribution in [-0.2, 0) is 0 Å². The number of carbonyl (C=O) groups excluding carboxylic acids is 1. The molecule has 1 unspecified atom stereocenters. The number of para-hydroxylation sites is 1. The monoisotopic (exact) mass is 590 g/mol. The molecule has 2 aromatic rings. The highest BCUT2D eigenvalue weighted by Gasteiger charge is 2.29. The van der Waals surface area contributed by atoms with E-state index in [4.69, 9.17) is 0 Å². The fraction of sp³-hybridized carbons (Fsp3) is 0.393. The highest BCUT2D eigenvalue weighted by atomic mass is 127. The SMILES string of the molecule is C/C(=C/CCC(C)CCC/C(C)=C/CN1C(=O)c2cccc(O)c2Nc2c(O)cc(O)cc21)CI. The van der Waals surface area contributed by atoms with E-state index in [-0.39, 0.29) is 41.1 Å². The van der Waals surface area contributed by atoms with E-state index in [1.807, 2.05) is 6.08 Å². The van der Waals surface area contributed by atoms with Gasteiger partial charge in [0.15, 0.2) is 0 Å². The first-order valence-electron chi connectivity index (χ1n) is 12.0. The first-order chi connectivity index (χ1) is 16.7. The summed E-state index contributed by atoms with van der Waals surface area (Å²) in [6, 6.07) is 7.38. The van der Waals surface area contributed by atoms with E-state index in [0.717, 1.165) is 30.1 Å². The molecule has 1 atom stereocenters. The van der Waals surface area contributed by atoms with Crippen LogP contribution >= 0.6 is 22.6 Å². The standard InChI is InChI=1S/C28H35IN2O4/c1-18(8-5-10-20(3)17-29)7-4-9-19(2)13-14-31-23-15-21(32)16-25(34)27(23)30-26-22(28(31)35)11-6-12-24(26)33/h6,10-13,15-16,18,30,32-34H,4-5,7-9,14,17H2,1-3H3/b19-13+,20-10-. The molecule has 3 rings (SSSR count). The lowest BCUT2D eigenvalue weighted by Crippen LogP contribution is -2.30. The van der Waals surface area contributed by atoms with Crippen molar-refractivity contribution in [1.82, 2.24) is 0 Å². The van der Waals surface area contributed by atoms with Gasteiger partial charge in [-0.05, 0) is 57.6 Å². The number of phenolic OH excluding ortho intramolecular Hbond substituents is 3. The van der Waals surface area contributed by atoms with Crippen molar-refractivity contribution in [1.29, 1.82) is 0 Å². The number of rotatable bonds is 10. The van der Waals surface area contributed by atoms with Crippen LogP contribution in [0.1, 0.15) is 63.2 Å². The molecule has 0 saturated carbocycles. The van der Waals surface area contributed by atoms with Gasteiger partial charge in [0.2, 0.25) is 0 Å². The fourth-order valence-corrected chi connectivity index (χ4v) is 4.55. The van der Waals surface area contributed by atoms with Crippen molar-refractivity contribution in [2.75, 3.05) is 21.2 Å². The number of hydrogen-bond donors (Lipinski definition) is 4. The minimum absolute atomic E-state index is 0.0862. The van der Waals surface area contributed by atoms with Crippen molar-refractivity contribution < 1.29 is 20.1 Å². The zero-order valence-electron chi connectivity index (χ0n) is 20.6. The lowest BCUT2D eigenvalue weighted by molar-refractivity contribution is 0.0991. The molecule has 0 spiro atoms. The van der Waals surface area contributed by atoms with Crippen molar-refractivity contribution in [3.63, 3.8) is 0 Å². The third kappa shape index (κ3) is 6.93.